The summed E-state index contributed by atoms with van der Waals surface area (Å²) in [6.45, 7) is 3.72. The standard InChI is InChI=1S/C27H22N4O2/c1-18-26(24(32)30(28-18)21-14-8-4-9-15-21)23(20-12-6-3-7-13-20)27(26)19(2)29-31(25(27)33)22-16-10-5-11-17-22/h3-17,23H,1-2H3. The molecule has 0 bridgehead atoms. The number of amides is 2. The van der Waals surface area contributed by atoms with Gasteiger partial charge in [-0.3, -0.25) is 9.59 Å². The molecular formula is C27H22N4O2. The molecule has 6 nitrogen and oxygen atoms in total. The molecule has 1 fully saturated rings. The molecule has 0 aromatic heterocycles. The van der Waals surface area contributed by atoms with Crippen LogP contribution in [0.4, 0.5) is 11.4 Å². The topological polar surface area (TPSA) is 65.3 Å². The van der Waals surface area contributed by atoms with Crippen LogP contribution in [0.1, 0.15) is 25.3 Å². The molecule has 3 aliphatic rings. The number of carbonyl (C=O) groups is 2. The fraction of sp³-hybridized carbons (Fsp3) is 0.185. The van der Waals surface area contributed by atoms with Gasteiger partial charge in [-0.1, -0.05) is 66.7 Å². The van der Waals surface area contributed by atoms with Crippen molar-refractivity contribution < 1.29 is 9.59 Å². The number of nitrogens with zero attached hydrogens (tertiary/aromatic N) is 4. The first-order valence-corrected chi connectivity index (χ1v) is 11.0. The summed E-state index contributed by atoms with van der Waals surface area (Å²) in [6.07, 6.45) is 0. The van der Waals surface area contributed by atoms with Crippen LogP contribution in [0.5, 0.6) is 0 Å². The Kier molecular flexibility index (Phi) is 3.99. The lowest BCUT2D eigenvalue weighted by Gasteiger charge is -2.18. The molecule has 2 spiro atoms. The maximum absolute atomic E-state index is 14.2. The van der Waals surface area contributed by atoms with Crippen LogP contribution in [0.3, 0.4) is 0 Å². The minimum absolute atomic E-state index is 0.183. The van der Waals surface area contributed by atoms with Crippen LogP contribution < -0.4 is 10.0 Å². The van der Waals surface area contributed by atoms with Crippen LogP contribution in [0, 0.1) is 10.8 Å². The molecule has 2 aliphatic heterocycles. The number of hydrogen-bond donors (Lipinski definition) is 0. The second kappa shape index (κ2) is 6.72. The van der Waals surface area contributed by atoms with Crippen molar-refractivity contribution in [3.05, 3.63) is 96.6 Å². The van der Waals surface area contributed by atoms with E-state index in [4.69, 9.17) is 10.2 Å². The molecule has 2 amide bonds. The summed E-state index contributed by atoms with van der Waals surface area (Å²) < 4.78 is 0. The van der Waals surface area contributed by atoms with Crippen molar-refractivity contribution >= 4 is 34.6 Å². The van der Waals surface area contributed by atoms with E-state index < -0.39 is 10.8 Å². The Labute approximate surface area is 191 Å². The third kappa shape index (κ3) is 2.27. The fourth-order valence-corrected chi connectivity index (χ4v) is 5.87. The summed E-state index contributed by atoms with van der Waals surface area (Å²) in [5.74, 6) is -0.739. The van der Waals surface area contributed by atoms with E-state index in [0.29, 0.717) is 22.8 Å². The number of hydrogen-bond acceptors (Lipinski definition) is 4. The second-order valence-electron chi connectivity index (χ2n) is 8.74. The van der Waals surface area contributed by atoms with Gasteiger partial charge in [0.1, 0.15) is 10.8 Å². The maximum Gasteiger partial charge on any atom is 0.261 e. The number of anilines is 2. The molecule has 2 atom stereocenters. The predicted octanol–water partition coefficient (Wildman–Crippen LogP) is 4.60. The van der Waals surface area contributed by atoms with Gasteiger partial charge in [0.05, 0.1) is 22.8 Å². The highest BCUT2D eigenvalue weighted by molar-refractivity contribution is 6.37. The number of fused-ring (bicyclic) bond motifs is 1. The molecule has 0 radical (unpaired) electrons. The van der Waals surface area contributed by atoms with Crippen LogP contribution >= 0.6 is 0 Å². The Balaban J connectivity index is 1.53. The van der Waals surface area contributed by atoms with Crippen molar-refractivity contribution in [2.24, 2.45) is 21.0 Å². The fourth-order valence-electron chi connectivity index (χ4n) is 5.87. The average molecular weight is 434 g/mol. The van der Waals surface area contributed by atoms with E-state index in [1.165, 1.54) is 10.0 Å². The highest BCUT2D eigenvalue weighted by atomic mass is 16.2. The molecule has 6 heteroatoms. The van der Waals surface area contributed by atoms with Crippen molar-refractivity contribution in [3.63, 3.8) is 0 Å². The van der Waals surface area contributed by atoms with Crippen molar-refractivity contribution in [2.75, 3.05) is 10.0 Å². The zero-order valence-corrected chi connectivity index (χ0v) is 18.3. The molecular weight excluding hydrogens is 412 g/mol. The molecule has 2 heterocycles. The van der Waals surface area contributed by atoms with Crippen LogP contribution in [0.25, 0.3) is 0 Å². The van der Waals surface area contributed by atoms with E-state index in [1.54, 1.807) is 0 Å². The van der Waals surface area contributed by atoms with Crippen molar-refractivity contribution in [3.8, 4) is 0 Å². The average Bonchev–Trinajstić information content (AvgIpc) is 3.34. The lowest BCUT2D eigenvalue weighted by molar-refractivity contribution is -0.126. The SMILES string of the molecule is CC1=NN(c2ccccc2)C(=O)C12C(c1ccccc1)C21C(=O)N(c2ccccc2)N=C1C. The van der Waals surface area contributed by atoms with Gasteiger partial charge in [0.15, 0.2) is 0 Å². The number of rotatable bonds is 3. The Morgan fingerprint density at radius 1 is 0.606 bits per heavy atom. The van der Waals surface area contributed by atoms with Gasteiger partial charge >= 0.3 is 0 Å². The second-order valence-corrected chi connectivity index (χ2v) is 8.74. The van der Waals surface area contributed by atoms with Gasteiger partial charge in [0.2, 0.25) is 0 Å². The molecule has 1 aliphatic carbocycles. The van der Waals surface area contributed by atoms with Gasteiger partial charge in [-0.2, -0.15) is 20.2 Å². The zero-order chi connectivity index (χ0) is 22.8. The van der Waals surface area contributed by atoms with Gasteiger partial charge in [0, 0.05) is 5.92 Å². The molecule has 33 heavy (non-hydrogen) atoms. The van der Waals surface area contributed by atoms with E-state index >= 15 is 0 Å². The zero-order valence-electron chi connectivity index (χ0n) is 18.3. The summed E-state index contributed by atoms with van der Waals surface area (Å²) in [7, 11) is 0. The Morgan fingerprint density at radius 3 is 1.36 bits per heavy atom. The summed E-state index contributed by atoms with van der Waals surface area (Å²) in [5.41, 5.74) is 1.40. The van der Waals surface area contributed by atoms with Crippen LogP contribution in [0.15, 0.2) is 101 Å². The lowest BCUT2D eigenvalue weighted by Crippen LogP contribution is -2.40. The normalized spacial score (nSPS) is 28.0. The van der Waals surface area contributed by atoms with Gasteiger partial charge in [-0.25, -0.2) is 0 Å². The molecule has 6 rings (SSSR count). The molecule has 0 saturated heterocycles. The van der Waals surface area contributed by atoms with E-state index in [0.717, 1.165) is 5.56 Å². The summed E-state index contributed by atoms with van der Waals surface area (Å²) in [5, 5.41) is 12.3. The van der Waals surface area contributed by atoms with Crippen molar-refractivity contribution in [1.29, 1.82) is 0 Å². The lowest BCUT2D eigenvalue weighted by atomic mass is 9.85. The van der Waals surface area contributed by atoms with Gasteiger partial charge in [-0.05, 0) is 43.7 Å². The maximum atomic E-state index is 14.2. The molecule has 2 unspecified atom stereocenters. The number of benzene rings is 3. The highest BCUT2D eigenvalue weighted by Gasteiger charge is 2.91. The Bertz CT molecular complexity index is 1250. The quantitative estimate of drug-likeness (QED) is 0.605. The van der Waals surface area contributed by atoms with E-state index in [-0.39, 0.29) is 17.7 Å². The smallest absolute Gasteiger partial charge is 0.261 e. The monoisotopic (exact) mass is 434 g/mol. The largest absolute Gasteiger partial charge is 0.271 e. The highest BCUT2D eigenvalue weighted by Crippen LogP contribution is 2.79. The first-order valence-electron chi connectivity index (χ1n) is 11.0. The predicted molar refractivity (Wildman–Crippen MR) is 128 cm³/mol. The summed E-state index contributed by atoms with van der Waals surface area (Å²) in [6, 6.07) is 28.5. The first-order chi connectivity index (χ1) is 16.0. The van der Waals surface area contributed by atoms with Crippen LogP contribution in [-0.2, 0) is 9.59 Å². The summed E-state index contributed by atoms with van der Waals surface area (Å²) >= 11 is 0. The molecule has 0 N–H and O–H groups in total. The Hall–Kier alpha value is -4.06. The third-order valence-corrected chi connectivity index (χ3v) is 7.24. The number of carbonyl (C=O) groups excluding carboxylic acids is 2. The Morgan fingerprint density at radius 2 is 0.970 bits per heavy atom. The van der Waals surface area contributed by atoms with E-state index in [1.807, 2.05) is 105 Å². The number of hydrazone groups is 2. The molecule has 162 valence electrons. The molecule has 3 aromatic carbocycles. The molecule has 1 saturated carbocycles. The minimum Gasteiger partial charge on any atom is -0.271 e. The minimum atomic E-state index is -1.10. The third-order valence-electron chi connectivity index (χ3n) is 7.24. The van der Waals surface area contributed by atoms with Gasteiger partial charge in [-0.15, -0.1) is 0 Å². The van der Waals surface area contributed by atoms with Gasteiger partial charge in [0.25, 0.3) is 11.8 Å². The summed E-state index contributed by atoms with van der Waals surface area (Å²) in [4.78, 5) is 28.3. The van der Waals surface area contributed by atoms with Crippen LogP contribution in [0.2, 0.25) is 0 Å². The van der Waals surface area contributed by atoms with E-state index in [9.17, 15) is 9.59 Å². The number of para-hydroxylation sites is 2. The van der Waals surface area contributed by atoms with Crippen LogP contribution in [-0.4, -0.2) is 23.2 Å². The van der Waals surface area contributed by atoms with Gasteiger partial charge < -0.3 is 0 Å². The van der Waals surface area contributed by atoms with Crippen molar-refractivity contribution in [2.45, 2.75) is 19.8 Å². The van der Waals surface area contributed by atoms with E-state index in [2.05, 4.69) is 0 Å². The first kappa shape index (κ1) is 19.6. The molecule has 3 aromatic rings. The van der Waals surface area contributed by atoms with Crippen molar-refractivity contribution in [1.82, 2.24) is 0 Å².